The third kappa shape index (κ3) is 14.4. The average Bonchev–Trinajstić information content (AvgIpc) is 1.69. The molecule has 498 valence electrons. The third-order valence-electron chi connectivity index (χ3n) is 23.7. The second-order valence-electron chi connectivity index (χ2n) is 29.7. The number of rotatable bonds is 9. The van der Waals surface area contributed by atoms with Crippen molar-refractivity contribution in [2.75, 3.05) is 0 Å². The molecule has 0 N–H and O–H groups in total. The van der Waals surface area contributed by atoms with E-state index >= 15 is 0 Å². The van der Waals surface area contributed by atoms with Crippen molar-refractivity contribution in [1.29, 1.82) is 0 Å². The number of allylic oxidation sites excluding steroid dienone is 3. The molecule has 7 heterocycles. The smallest absolute Gasteiger partial charge is 0.416 e. The van der Waals surface area contributed by atoms with E-state index in [2.05, 4.69) is 97.1 Å². The molecule has 6 aliphatic carbocycles. The molecule has 6 saturated carbocycles. The maximum atomic E-state index is 13.5. The molecular formula is C81H90F4N4O6. The van der Waals surface area contributed by atoms with Crippen molar-refractivity contribution in [1.82, 2.24) is 19.9 Å². The Hall–Kier alpha value is -7.61. The Morgan fingerprint density at radius 2 is 0.821 bits per heavy atom. The summed E-state index contributed by atoms with van der Waals surface area (Å²) in [5.74, 6) is 7.45. The zero-order valence-electron chi connectivity index (χ0n) is 55.4. The fourth-order valence-electron chi connectivity index (χ4n) is 19.3. The summed E-state index contributed by atoms with van der Waals surface area (Å²) >= 11 is 0. The summed E-state index contributed by atoms with van der Waals surface area (Å²) in [6.45, 7) is 13.1. The van der Waals surface area contributed by atoms with Crippen LogP contribution in [0.4, 0.5) is 17.6 Å². The highest BCUT2D eigenvalue weighted by Crippen LogP contribution is 2.58. The molecule has 95 heavy (non-hydrogen) atoms. The zero-order valence-corrected chi connectivity index (χ0v) is 55.4. The number of carbonyl (C=O) groups is 3. The van der Waals surface area contributed by atoms with Crippen molar-refractivity contribution in [2.45, 2.75) is 143 Å². The molecule has 10 nitrogen and oxygen atoms in total. The zero-order chi connectivity index (χ0) is 66.2. The largest absolute Gasteiger partial charge is 0.462 e. The first-order chi connectivity index (χ1) is 45.8. The standard InChI is InChI=1S/C28H30F3NO2.C27H30FNO2.C26H30N2O2/c1-16-6-10-23-20(12-16)14-25-26(17(2)34-27(25)33)24(23)11-9-22-8-7-19(15-32-22)18-4-3-5-21(13-18)28(29,30)31;1-16-6-10-23-20(12-16)14-25-26(17(2)31-27(25)30)24(23)11-9-22-8-7-19(15-29-22)18-4-3-5-21(28)13-18;1-16-6-10-21-19(13-16)14-23-25(17(2)30-26(23)29)22(21)11-9-20-8-7-18(15-28-20)24-5-3-4-12-27-24/h3-5,7-9,11,13,15-17,20,23-26H,6,10,12,14H2,1-2H3;3-5,7-9,11,13,15-17,20,23-26H,6,10,12,14H2,1-2H3;3-5,7-9,11-12,15-17,19,21-23,25H,6,10,13-14H2,1-2H3/b3*11-9+/t2*16-,17-,20+,23-,24+,25-,26+;16-,17-,19+,21-,22+,23-,25+/m111/s1. The molecule has 0 radical (unpaired) electrons. The van der Waals surface area contributed by atoms with Gasteiger partial charge in [-0.05, 0) is 240 Å². The number of alkyl halides is 3. The van der Waals surface area contributed by atoms with Crippen LogP contribution >= 0.6 is 0 Å². The number of pyridine rings is 4. The van der Waals surface area contributed by atoms with Gasteiger partial charge < -0.3 is 14.2 Å². The molecule has 0 bridgehead atoms. The highest BCUT2D eigenvalue weighted by molar-refractivity contribution is 5.77. The Morgan fingerprint density at radius 3 is 1.19 bits per heavy atom. The van der Waals surface area contributed by atoms with Gasteiger partial charge in [-0.25, -0.2) is 4.39 Å². The number of halogens is 4. The van der Waals surface area contributed by atoms with Crippen LogP contribution in [0.3, 0.4) is 0 Å². The van der Waals surface area contributed by atoms with Gasteiger partial charge in [-0.3, -0.25) is 34.3 Å². The van der Waals surface area contributed by atoms with Crippen LogP contribution in [-0.2, 0) is 34.8 Å². The van der Waals surface area contributed by atoms with Crippen molar-refractivity contribution in [3.63, 3.8) is 0 Å². The Labute approximate surface area is 557 Å². The highest BCUT2D eigenvalue weighted by Gasteiger charge is 2.57. The summed E-state index contributed by atoms with van der Waals surface area (Å²) in [6.07, 6.45) is 29.8. The fraction of sp³-hybridized carbons (Fsp3) is 0.494. The molecule has 0 unspecified atom stereocenters. The minimum atomic E-state index is -4.37. The minimum Gasteiger partial charge on any atom is -0.462 e. The second kappa shape index (κ2) is 28.2. The summed E-state index contributed by atoms with van der Waals surface area (Å²) < 4.78 is 69.7. The van der Waals surface area contributed by atoms with Crippen LogP contribution in [0.25, 0.3) is 51.7 Å². The number of fused-ring (bicyclic) bond motifs is 6. The Balaban J connectivity index is 0.000000129. The van der Waals surface area contributed by atoms with Crippen molar-refractivity contribution in [2.24, 2.45) is 107 Å². The van der Waals surface area contributed by atoms with Crippen molar-refractivity contribution in [3.8, 4) is 33.5 Å². The lowest BCUT2D eigenvalue weighted by molar-refractivity contribution is -0.145. The molecule has 14 heteroatoms. The molecule has 9 aliphatic rings. The number of ether oxygens (including phenoxy) is 3. The minimum absolute atomic E-state index is 0.00477. The van der Waals surface area contributed by atoms with Crippen molar-refractivity contribution >= 4 is 36.1 Å². The predicted molar refractivity (Wildman–Crippen MR) is 361 cm³/mol. The van der Waals surface area contributed by atoms with Gasteiger partial charge in [0.15, 0.2) is 0 Å². The van der Waals surface area contributed by atoms with E-state index < -0.39 is 11.7 Å². The number of cyclic esters (lactones) is 3. The molecule has 15 rings (SSSR count). The summed E-state index contributed by atoms with van der Waals surface area (Å²) in [6, 6.07) is 29.5. The van der Waals surface area contributed by atoms with Crippen LogP contribution in [0.15, 0.2) is 146 Å². The number of carbonyl (C=O) groups excluding carboxylic acids is 3. The summed E-state index contributed by atoms with van der Waals surface area (Å²) in [5.41, 5.74) is 6.76. The van der Waals surface area contributed by atoms with Crippen LogP contribution in [0.1, 0.15) is 141 Å². The molecule has 0 spiro atoms. The SMILES string of the molecule is C[C@@H]1CC[C@@H]2[C@@H](C1)C[C@H]1C(=O)O[C@H](C)[C@H]1[C@H]2/C=C/c1ccc(-c2cccc(C(F)(F)F)c2)cn1.C[C@@H]1CC[C@@H]2[C@@H](C1)C[C@H]1C(=O)O[C@H](C)[C@H]1[C@H]2/C=C/c1ccc(-c2cccc(F)c2)cn1.C[C@@H]1CC[C@@H]2[C@@H](C1)C[C@H]1C(=O)O[C@H](C)[C@H]1[C@H]2/C=C/c1ccc(-c2ccccn2)cn1. The molecule has 21 atom stereocenters. The lowest BCUT2D eigenvalue weighted by Crippen LogP contribution is -2.43. The van der Waals surface area contributed by atoms with E-state index in [9.17, 15) is 31.9 Å². The van der Waals surface area contributed by atoms with Crippen LogP contribution in [0.2, 0.25) is 0 Å². The first-order valence-electron chi connectivity index (χ1n) is 35.2. The lowest BCUT2D eigenvalue weighted by Gasteiger charge is -2.47. The van der Waals surface area contributed by atoms with Gasteiger partial charge in [0.2, 0.25) is 0 Å². The highest BCUT2D eigenvalue weighted by atomic mass is 19.4. The molecular weight excluding hydrogens is 1200 g/mol. The maximum Gasteiger partial charge on any atom is 0.416 e. The van der Waals surface area contributed by atoms with Crippen molar-refractivity contribution in [3.05, 3.63) is 175 Å². The first kappa shape index (κ1) is 66.0. The fourth-order valence-corrected chi connectivity index (χ4v) is 19.3. The van der Waals surface area contributed by atoms with Gasteiger partial charge in [0.25, 0.3) is 0 Å². The molecule has 4 aromatic heterocycles. The molecule has 6 aromatic rings. The van der Waals surface area contributed by atoms with Gasteiger partial charge in [0, 0.05) is 59.2 Å². The number of nitrogens with zero attached hydrogens (tertiary/aromatic N) is 4. The van der Waals surface area contributed by atoms with E-state index in [1.54, 1.807) is 30.7 Å². The van der Waals surface area contributed by atoms with Crippen LogP contribution < -0.4 is 0 Å². The molecule has 2 aromatic carbocycles. The van der Waals surface area contributed by atoms with E-state index in [1.165, 1.54) is 76.0 Å². The summed E-state index contributed by atoms with van der Waals surface area (Å²) in [4.78, 5) is 55.7. The van der Waals surface area contributed by atoms with Gasteiger partial charge in [0.05, 0.1) is 46.1 Å². The average molecular weight is 1290 g/mol. The Kier molecular flexibility index (Phi) is 19.6. The molecule has 3 aliphatic heterocycles. The van der Waals surface area contributed by atoms with Gasteiger partial charge in [-0.15, -0.1) is 0 Å². The van der Waals surface area contributed by atoms with Gasteiger partial charge in [-0.2, -0.15) is 13.2 Å². The first-order valence-corrected chi connectivity index (χ1v) is 35.2. The van der Waals surface area contributed by atoms with E-state index in [1.807, 2.05) is 67.7 Å². The number of hydrogen-bond donors (Lipinski definition) is 0. The molecule has 9 fully saturated rings. The lowest BCUT2D eigenvalue weighted by atomic mass is 9.56. The van der Waals surface area contributed by atoms with Gasteiger partial charge in [-0.1, -0.05) is 101 Å². The monoisotopic (exact) mass is 1290 g/mol. The van der Waals surface area contributed by atoms with Crippen molar-refractivity contribution < 1.29 is 46.2 Å². The quantitative estimate of drug-likeness (QED) is 0.0783. The predicted octanol–water partition coefficient (Wildman–Crippen LogP) is 18.6. The number of benzene rings is 2. The maximum absolute atomic E-state index is 13.5. The van der Waals surface area contributed by atoms with E-state index in [-0.39, 0.29) is 77.5 Å². The third-order valence-corrected chi connectivity index (χ3v) is 23.7. The Morgan fingerprint density at radius 1 is 0.421 bits per heavy atom. The second-order valence-corrected chi connectivity index (χ2v) is 29.7. The van der Waals surface area contributed by atoms with Gasteiger partial charge in [0.1, 0.15) is 24.1 Å². The summed E-state index contributed by atoms with van der Waals surface area (Å²) in [5, 5.41) is 0. The normalized spacial score (nSPS) is 34.6. The van der Waals surface area contributed by atoms with Crippen LogP contribution in [0, 0.1) is 112 Å². The topological polar surface area (TPSA) is 130 Å². The van der Waals surface area contributed by atoms with E-state index in [4.69, 9.17) is 14.2 Å². The Bertz CT molecular complexity index is 3760. The van der Waals surface area contributed by atoms with Crippen LogP contribution in [-0.4, -0.2) is 56.2 Å². The molecule has 0 amide bonds. The van der Waals surface area contributed by atoms with Crippen LogP contribution in [0.5, 0.6) is 0 Å². The number of esters is 3. The molecule has 3 saturated heterocycles. The number of hydrogen-bond acceptors (Lipinski definition) is 10. The number of aromatic nitrogens is 4. The van der Waals surface area contributed by atoms with Gasteiger partial charge >= 0.3 is 24.1 Å². The van der Waals surface area contributed by atoms with E-state index in [0.717, 1.165) is 82.7 Å². The summed E-state index contributed by atoms with van der Waals surface area (Å²) in [7, 11) is 0. The van der Waals surface area contributed by atoms with E-state index in [0.29, 0.717) is 70.3 Å².